The van der Waals surface area contributed by atoms with Gasteiger partial charge < -0.3 is 14.7 Å². The van der Waals surface area contributed by atoms with Crippen LogP contribution in [0.1, 0.15) is 79.3 Å². The van der Waals surface area contributed by atoms with Crippen LogP contribution in [0.3, 0.4) is 0 Å². The minimum atomic E-state index is -0.237. The predicted octanol–water partition coefficient (Wildman–Crippen LogP) is 4.18. The lowest BCUT2D eigenvalue weighted by atomic mass is 9.62. The maximum absolute atomic E-state index is 12.3. The van der Waals surface area contributed by atoms with Gasteiger partial charge in [0, 0.05) is 17.8 Å². The molecule has 1 N–H and O–H groups in total. The summed E-state index contributed by atoms with van der Waals surface area (Å²) >= 11 is 1.45. The number of aliphatic hydroxyl groups is 1. The molecule has 1 saturated carbocycles. The molecule has 3 rings (SSSR count). The average Bonchev–Trinajstić information content (AvgIpc) is 3.25. The normalized spacial score (nSPS) is 22.3. The molecule has 1 unspecified atom stereocenters. The van der Waals surface area contributed by atoms with E-state index in [1.807, 2.05) is 11.0 Å². The van der Waals surface area contributed by atoms with Gasteiger partial charge in [-0.3, -0.25) is 9.59 Å². The molecule has 0 spiro atoms. The summed E-state index contributed by atoms with van der Waals surface area (Å²) in [7, 11) is 0. The molecule has 28 heavy (non-hydrogen) atoms. The van der Waals surface area contributed by atoms with Crippen molar-refractivity contribution in [3.05, 3.63) is 21.9 Å². The standard InChI is InChI=1S/C22H33NO4S/c1-2-10-22(11-4-12-22)20(25)5-3-13-23-17(6-9-21(23)26)15-27-16-19-8-7-18(14-24)28-19/h7-8,14,17,20,25H,2-6,9-13,15-16H2,1H3/t17-,20?/m1/s1. The molecule has 1 saturated heterocycles. The average molecular weight is 408 g/mol. The first-order valence-electron chi connectivity index (χ1n) is 10.7. The van der Waals surface area contributed by atoms with Crippen molar-refractivity contribution in [1.29, 1.82) is 0 Å². The molecule has 0 aromatic carbocycles. The summed E-state index contributed by atoms with van der Waals surface area (Å²) in [5, 5.41) is 10.7. The van der Waals surface area contributed by atoms with Crippen LogP contribution in [-0.4, -0.2) is 47.5 Å². The first-order chi connectivity index (χ1) is 13.6. The number of nitrogens with zero attached hydrogens (tertiary/aromatic N) is 1. The SMILES string of the molecule is CCCC1(C(O)CCCN2C(=O)CC[C@@H]2COCc2ccc(C=O)s2)CCC1. The maximum Gasteiger partial charge on any atom is 0.222 e. The Morgan fingerprint density at radius 1 is 1.43 bits per heavy atom. The highest BCUT2D eigenvalue weighted by molar-refractivity contribution is 7.13. The van der Waals surface area contributed by atoms with Crippen LogP contribution in [0, 0.1) is 5.41 Å². The van der Waals surface area contributed by atoms with Gasteiger partial charge in [0.2, 0.25) is 5.91 Å². The molecule has 2 heterocycles. The molecule has 1 aliphatic carbocycles. The Labute approximate surface area is 172 Å². The molecule has 2 atom stereocenters. The van der Waals surface area contributed by atoms with E-state index in [4.69, 9.17) is 4.74 Å². The summed E-state index contributed by atoms with van der Waals surface area (Å²) in [5.74, 6) is 0.203. The smallest absolute Gasteiger partial charge is 0.222 e. The van der Waals surface area contributed by atoms with Gasteiger partial charge in [0.15, 0.2) is 6.29 Å². The van der Waals surface area contributed by atoms with Gasteiger partial charge in [0.1, 0.15) is 0 Å². The number of carbonyl (C=O) groups is 2. The Hall–Kier alpha value is -1.24. The first kappa shape index (κ1) is 21.5. The van der Waals surface area contributed by atoms with Gasteiger partial charge in [-0.15, -0.1) is 11.3 Å². The van der Waals surface area contributed by atoms with E-state index >= 15 is 0 Å². The molecule has 1 aromatic rings. The Morgan fingerprint density at radius 2 is 2.25 bits per heavy atom. The van der Waals surface area contributed by atoms with Crippen molar-refractivity contribution in [1.82, 2.24) is 4.90 Å². The zero-order chi connectivity index (χ0) is 20.0. The number of aliphatic hydroxyl groups excluding tert-OH is 1. The third-order valence-electron chi connectivity index (χ3n) is 6.49. The summed E-state index contributed by atoms with van der Waals surface area (Å²) in [6, 6.07) is 3.85. The number of amides is 1. The molecule has 6 heteroatoms. The van der Waals surface area contributed by atoms with Crippen LogP contribution in [-0.2, 0) is 16.1 Å². The second kappa shape index (κ2) is 9.99. The van der Waals surface area contributed by atoms with Crippen molar-refractivity contribution < 1.29 is 19.4 Å². The zero-order valence-corrected chi connectivity index (χ0v) is 17.7. The molecule has 0 radical (unpaired) electrons. The lowest BCUT2D eigenvalue weighted by molar-refractivity contribution is -0.130. The zero-order valence-electron chi connectivity index (χ0n) is 16.9. The predicted molar refractivity (Wildman–Crippen MR) is 111 cm³/mol. The molecule has 0 bridgehead atoms. The van der Waals surface area contributed by atoms with Crippen LogP contribution in [0.15, 0.2) is 12.1 Å². The fourth-order valence-electron chi connectivity index (χ4n) is 4.74. The van der Waals surface area contributed by atoms with Gasteiger partial charge in [-0.05, 0) is 56.1 Å². The fourth-order valence-corrected chi connectivity index (χ4v) is 5.51. The van der Waals surface area contributed by atoms with Crippen LogP contribution in [0.5, 0.6) is 0 Å². The molecular weight excluding hydrogens is 374 g/mol. The van der Waals surface area contributed by atoms with Crippen LogP contribution in [0.2, 0.25) is 0 Å². The van der Waals surface area contributed by atoms with E-state index in [9.17, 15) is 14.7 Å². The van der Waals surface area contributed by atoms with Crippen LogP contribution >= 0.6 is 11.3 Å². The van der Waals surface area contributed by atoms with Crippen molar-refractivity contribution in [2.24, 2.45) is 5.41 Å². The van der Waals surface area contributed by atoms with E-state index in [0.717, 1.165) is 56.1 Å². The van der Waals surface area contributed by atoms with Crippen molar-refractivity contribution in [2.45, 2.75) is 83.5 Å². The summed E-state index contributed by atoms with van der Waals surface area (Å²) in [6.45, 7) is 3.91. The highest BCUT2D eigenvalue weighted by Crippen LogP contribution is 2.48. The number of hydrogen-bond acceptors (Lipinski definition) is 5. The summed E-state index contributed by atoms with van der Waals surface area (Å²) in [6.07, 6.45) is 9.44. The van der Waals surface area contributed by atoms with Gasteiger partial charge >= 0.3 is 0 Å². The highest BCUT2D eigenvalue weighted by atomic mass is 32.1. The van der Waals surface area contributed by atoms with Gasteiger partial charge in [-0.1, -0.05) is 19.8 Å². The molecule has 2 aliphatic rings. The first-order valence-corrected chi connectivity index (χ1v) is 11.5. The summed E-state index contributed by atoms with van der Waals surface area (Å²) in [5.41, 5.74) is 0.146. The largest absolute Gasteiger partial charge is 0.393 e. The molecule has 156 valence electrons. The number of ether oxygens (including phenoxy) is 1. The highest BCUT2D eigenvalue weighted by Gasteiger charge is 2.42. The minimum absolute atomic E-state index is 0.128. The van der Waals surface area contributed by atoms with Crippen LogP contribution < -0.4 is 0 Å². The second-order valence-corrected chi connectivity index (χ2v) is 9.54. The Balaban J connectivity index is 1.41. The molecule has 1 amide bonds. The van der Waals surface area contributed by atoms with Gasteiger partial charge in [0.25, 0.3) is 0 Å². The van der Waals surface area contributed by atoms with E-state index in [1.54, 1.807) is 6.07 Å². The number of likely N-dealkylation sites (tertiary alicyclic amines) is 1. The van der Waals surface area contributed by atoms with Gasteiger partial charge in [0.05, 0.1) is 30.2 Å². The molecule has 2 fully saturated rings. The third kappa shape index (κ3) is 5.02. The van der Waals surface area contributed by atoms with Crippen molar-refractivity contribution in [3.63, 3.8) is 0 Å². The quantitative estimate of drug-likeness (QED) is 0.528. The fraction of sp³-hybridized carbons (Fsp3) is 0.727. The van der Waals surface area contributed by atoms with Crippen LogP contribution in [0.25, 0.3) is 0 Å². The lowest BCUT2D eigenvalue weighted by Gasteiger charge is -2.46. The second-order valence-electron chi connectivity index (χ2n) is 8.34. The number of thiophene rings is 1. The number of rotatable bonds is 12. The number of aldehydes is 1. The number of carbonyl (C=O) groups excluding carboxylic acids is 2. The molecule has 1 aliphatic heterocycles. The van der Waals surface area contributed by atoms with Crippen molar-refractivity contribution in [3.8, 4) is 0 Å². The van der Waals surface area contributed by atoms with Crippen molar-refractivity contribution >= 4 is 23.5 Å². The summed E-state index contributed by atoms with van der Waals surface area (Å²) in [4.78, 5) is 26.7. The molecular formula is C22H33NO4S. The molecule has 5 nitrogen and oxygen atoms in total. The minimum Gasteiger partial charge on any atom is -0.393 e. The van der Waals surface area contributed by atoms with E-state index < -0.39 is 0 Å². The van der Waals surface area contributed by atoms with Crippen LogP contribution in [0.4, 0.5) is 0 Å². The van der Waals surface area contributed by atoms with Gasteiger partial charge in [-0.2, -0.15) is 0 Å². The van der Waals surface area contributed by atoms with E-state index in [0.29, 0.717) is 31.1 Å². The van der Waals surface area contributed by atoms with E-state index in [-0.39, 0.29) is 23.5 Å². The summed E-state index contributed by atoms with van der Waals surface area (Å²) < 4.78 is 5.83. The Bertz CT molecular complexity index is 655. The Kier molecular flexibility index (Phi) is 7.66. The monoisotopic (exact) mass is 407 g/mol. The number of hydrogen-bond donors (Lipinski definition) is 1. The lowest BCUT2D eigenvalue weighted by Crippen LogP contribution is -2.42. The Morgan fingerprint density at radius 3 is 2.89 bits per heavy atom. The van der Waals surface area contributed by atoms with E-state index in [2.05, 4.69) is 6.92 Å². The van der Waals surface area contributed by atoms with Gasteiger partial charge in [-0.25, -0.2) is 0 Å². The van der Waals surface area contributed by atoms with Crippen molar-refractivity contribution in [2.75, 3.05) is 13.2 Å². The topological polar surface area (TPSA) is 66.8 Å². The third-order valence-corrected chi connectivity index (χ3v) is 7.47. The maximum atomic E-state index is 12.3. The molecule has 1 aromatic heterocycles. The van der Waals surface area contributed by atoms with E-state index in [1.165, 1.54) is 17.8 Å².